The normalized spacial score (nSPS) is 11.0. The van der Waals surface area contributed by atoms with Crippen molar-refractivity contribution in [1.29, 1.82) is 0 Å². The lowest BCUT2D eigenvalue weighted by atomic mass is 10.3. The van der Waals surface area contributed by atoms with Gasteiger partial charge in [-0.05, 0) is 6.92 Å². The lowest BCUT2D eigenvalue weighted by Crippen LogP contribution is -2.44. The van der Waals surface area contributed by atoms with E-state index in [1.807, 2.05) is 0 Å². The number of carboxylic acid groups (broad SMARTS) is 2. The van der Waals surface area contributed by atoms with Crippen molar-refractivity contribution < 1.29 is 34.2 Å². The molecular formula is C15H25N3O7. The fraction of sp³-hybridized carbons (Fsp3) is 0.667. The van der Waals surface area contributed by atoms with Gasteiger partial charge in [0.1, 0.15) is 18.4 Å². The largest absolute Gasteiger partial charge is 0.480 e. The molecule has 0 aliphatic carbocycles. The predicted molar refractivity (Wildman–Crippen MR) is 87.4 cm³/mol. The zero-order valence-corrected chi connectivity index (χ0v) is 14.3. The maximum atomic E-state index is 11.4. The van der Waals surface area contributed by atoms with Gasteiger partial charge in [-0.15, -0.1) is 0 Å². The number of rotatable bonds is 16. The summed E-state index contributed by atoms with van der Waals surface area (Å²) in [6.07, 6.45) is 1.36. The van der Waals surface area contributed by atoms with E-state index in [0.29, 0.717) is 25.7 Å². The molecule has 0 radical (unpaired) electrons. The fourth-order valence-corrected chi connectivity index (χ4v) is 2.22. The maximum Gasteiger partial charge on any atom is 0.317 e. The lowest BCUT2D eigenvalue weighted by molar-refractivity contribution is -0.142. The number of Topliss-reactive ketones (excluding diaryl/α,β-unsaturated/α-hetero) is 1. The summed E-state index contributed by atoms with van der Waals surface area (Å²) >= 11 is 0. The Kier molecular flexibility index (Phi) is 12.0. The Balaban J connectivity index is 4.69. The maximum absolute atomic E-state index is 11.4. The monoisotopic (exact) mass is 359 g/mol. The van der Waals surface area contributed by atoms with Gasteiger partial charge in [0.2, 0.25) is 0 Å². The first-order valence-corrected chi connectivity index (χ1v) is 7.75. The summed E-state index contributed by atoms with van der Waals surface area (Å²) in [6.45, 7) is 2.10. The smallest absolute Gasteiger partial charge is 0.317 e. The van der Waals surface area contributed by atoms with Crippen molar-refractivity contribution in [2.45, 2.75) is 6.92 Å². The number of carbonyl (C=O) groups is 5. The van der Waals surface area contributed by atoms with Crippen LogP contribution in [0.15, 0.2) is 0 Å². The minimum atomic E-state index is -1.14. The molecule has 0 aromatic heterocycles. The Morgan fingerprint density at radius 2 is 1.12 bits per heavy atom. The molecule has 0 aliphatic heterocycles. The topological polar surface area (TPSA) is 136 Å². The molecule has 0 aromatic carbocycles. The van der Waals surface area contributed by atoms with Gasteiger partial charge >= 0.3 is 11.9 Å². The van der Waals surface area contributed by atoms with E-state index in [4.69, 9.17) is 10.2 Å². The van der Waals surface area contributed by atoms with Crippen molar-refractivity contribution >= 4 is 30.3 Å². The third-order valence-corrected chi connectivity index (χ3v) is 3.29. The Hall–Kier alpha value is -2.17. The summed E-state index contributed by atoms with van der Waals surface area (Å²) < 4.78 is 0. The highest BCUT2D eigenvalue weighted by molar-refractivity contribution is 5.77. The van der Waals surface area contributed by atoms with Crippen molar-refractivity contribution in [3.8, 4) is 0 Å². The van der Waals surface area contributed by atoms with Gasteiger partial charge < -0.3 is 19.8 Å². The average Bonchev–Trinajstić information content (AvgIpc) is 2.48. The van der Waals surface area contributed by atoms with Crippen LogP contribution in [0.4, 0.5) is 0 Å². The highest BCUT2D eigenvalue weighted by atomic mass is 16.4. The van der Waals surface area contributed by atoms with Crippen LogP contribution in [0.3, 0.4) is 0 Å². The van der Waals surface area contributed by atoms with Crippen molar-refractivity contribution in [3.05, 3.63) is 0 Å². The molecule has 0 aliphatic rings. The molecule has 2 N–H and O–H groups in total. The van der Waals surface area contributed by atoms with E-state index in [1.165, 1.54) is 11.8 Å². The molecule has 10 heteroatoms. The molecule has 0 atom stereocenters. The van der Waals surface area contributed by atoms with Crippen LogP contribution in [0.1, 0.15) is 6.92 Å². The summed E-state index contributed by atoms with van der Waals surface area (Å²) in [6, 6.07) is 0. The zero-order valence-electron chi connectivity index (χ0n) is 14.3. The molecule has 0 aromatic rings. The van der Waals surface area contributed by atoms with Crippen molar-refractivity contribution in [3.63, 3.8) is 0 Å². The number of carbonyl (C=O) groups excluding carboxylic acids is 3. The molecule has 142 valence electrons. The van der Waals surface area contributed by atoms with Crippen molar-refractivity contribution in [2.24, 2.45) is 0 Å². The summed E-state index contributed by atoms with van der Waals surface area (Å²) in [5.74, 6) is -2.37. The quantitative estimate of drug-likeness (QED) is 0.299. The third-order valence-electron chi connectivity index (χ3n) is 3.29. The van der Waals surface area contributed by atoms with Crippen LogP contribution in [0, 0.1) is 0 Å². The minimum Gasteiger partial charge on any atom is -0.480 e. The highest BCUT2D eigenvalue weighted by Gasteiger charge is 2.16. The van der Waals surface area contributed by atoms with Crippen LogP contribution >= 0.6 is 0 Å². The molecule has 0 heterocycles. The van der Waals surface area contributed by atoms with Gasteiger partial charge in [0, 0.05) is 26.2 Å². The fourth-order valence-electron chi connectivity index (χ4n) is 2.22. The van der Waals surface area contributed by atoms with E-state index in [2.05, 4.69) is 0 Å². The molecule has 0 unspecified atom stereocenters. The van der Waals surface area contributed by atoms with Crippen LogP contribution in [-0.2, 0) is 24.0 Å². The van der Waals surface area contributed by atoms with Gasteiger partial charge in [-0.1, -0.05) is 0 Å². The minimum absolute atomic E-state index is 0.0941. The molecule has 0 fully saturated rings. The van der Waals surface area contributed by atoms with E-state index >= 15 is 0 Å². The first-order valence-electron chi connectivity index (χ1n) is 7.75. The van der Waals surface area contributed by atoms with Crippen molar-refractivity contribution in [2.75, 3.05) is 58.9 Å². The number of ketones is 1. The highest BCUT2D eigenvalue weighted by Crippen LogP contribution is 1.96. The Labute approximate surface area is 146 Å². The Bertz CT molecular complexity index is 444. The van der Waals surface area contributed by atoms with E-state index in [1.54, 1.807) is 9.80 Å². The molecule has 0 amide bonds. The van der Waals surface area contributed by atoms with Crippen LogP contribution in [0.25, 0.3) is 0 Å². The van der Waals surface area contributed by atoms with E-state index in [-0.39, 0.29) is 38.5 Å². The Morgan fingerprint density at radius 1 is 0.720 bits per heavy atom. The van der Waals surface area contributed by atoms with Gasteiger partial charge in [0.15, 0.2) is 0 Å². The number of aldehydes is 2. The van der Waals surface area contributed by atoms with Gasteiger partial charge in [0.25, 0.3) is 0 Å². The first-order chi connectivity index (χ1) is 11.8. The van der Waals surface area contributed by atoms with Crippen LogP contribution in [0.5, 0.6) is 0 Å². The molecular weight excluding hydrogens is 334 g/mol. The molecule has 10 nitrogen and oxygen atoms in total. The second-order valence-electron chi connectivity index (χ2n) is 5.57. The average molecular weight is 359 g/mol. The predicted octanol–water partition coefficient (Wildman–Crippen LogP) is -1.95. The molecule has 0 rings (SSSR count). The van der Waals surface area contributed by atoms with Crippen molar-refractivity contribution in [1.82, 2.24) is 14.7 Å². The van der Waals surface area contributed by atoms with Crippen LogP contribution < -0.4 is 0 Å². The second-order valence-corrected chi connectivity index (χ2v) is 5.57. The summed E-state index contributed by atoms with van der Waals surface area (Å²) in [4.78, 5) is 58.8. The van der Waals surface area contributed by atoms with Crippen LogP contribution in [-0.4, -0.2) is 114 Å². The van der Waals surface area contributed by atoms with E-state index in [0.717, 1.165) is 0 Å². The number of carboxylic acids is 2. The summed E-state index contributed by atoms with van der Waals surface area (Å²) in [5.41, 5.74) is 0. The van der Waals surface area contributed by atoms with Gasteiger partial charge in [-0.2, -0.15) is 0 Å². The summed E-state index contributed by atoms with van der Waals surface area (Å²) in [5, 5.41) is 17.7. The van der Waals surface area contributed by atoms with Crippen LogP contribution in [0.2, 0.25) is 0 Å². The number of hydrogen-bond donors (Lipinski definition) is 2. The second kappa shape index (κ2) is 13.2. The number of hydrogen-bond acceptors (Lipinski definition) is 8. The van der Waals surface area contributed by atoms with Gasteiger partial charge in [0.05, 0.1) is 32.7 Å². The SMILES string of the molecule is CC(=O)CN(CCN(CC=O)CC=O)CCN(CC(=O)O)CC(=O)O. The molecule has 0 bridgehead atoms. The zero-order chi connectivity index (χ0) is 19.2. The van der Waals surface area contributed by atoms with Gasteiger partial charge in [-0.25, -0.2) is 0 Å². The number of aliphatic carboxylic acids is 2. The van der Waals surface area contributed by atoms with E-state index in [9.17, 15) is 24.0 Å². The first kappa shape index (κ1) is 22.8. The summed E-state index contributed by atoms with van der Waals surface area (Å²) in [7, 11) is 0. The van der Waals surface area contributed by atoms with E-state index < -0.39 is 25.0 Å². The molecule has 0 saturated carbocycles. The molecule has 0 spiro atoms. The molecule has 0 saturated heterocycles. The lowest BCUT2D eigenvalue weighted by Gasteiger charge is -2.27. The third kappa shape index (κ3) is 12.9. The number of nitrogens with zero attached hydrogens (tertiary/aromatic N) is 3. The standard InChI is InChI=1S/C15H25N3O7/c1-13(21)10-17(3-2-16(6-8-19)7-9-20)4-5-18(11-14(22)23)12-15(24)25/h8-9H,2-7,10-12H2,1H3,(H,22,23)(H,24,25). The Morgan fingerprint density at radius 3 is 1.48 bits per heavy atom. The van der Waals surface area contributed by atoms with Gasteiger partial charge in [-0.3, -0.25) is 29.1 Å². The molecule has 25 heavy (non-hydrogen) atoms.